The quantitative estimate of drug-likeness (QED) is 0.903. The largest absolute Gasteiger partial charge is 0.310 e. The summed E-state index contributed by atoms with van der Waals surface area (Å²) in [6.45, 7) is 9.45. The van der Waals surface area contributed by atoms with Crippen LogP contribution in [0.25, 0.3) is 0 Å². The summed E-state index contributed by atoms with van der Waals surface area (Å²) in [6.07, 6.45) is 4.13. The van der Waals surface area contributed by atoms with Gasteiger partial charge in [-0.05, 0) is 74.0 Å². The summed E-state index contributed by atoms with van der Waals surface area (Å²) in [4.78, 5) is 2.66. The number of aryl methyl sites for hydroxylation is 1. The average Bonchev–Trinajstić information content (AvgIpc) is 3.12. The molecule has 1 aromatic heterocycles. The Morgan fingerprint density at radius 1 is 1.44 bits per heavy atom. The normalized spacial score (nSPS) is 30.3. The van der Waals surface area contributed by atoms with Crippen molar-refractivity contribution in [2.24, 2.45) is 5.92 Å². The molecule has 1 unspecified atom stereocenters. The van der Waals surface area contributed by atoms with Gasteiger partial charge in [-0.25, -0.2) is 0 Å². The van der Waals surface area contributed by atoms with Gasteiger partial charge in [-0.2, -0.15) is 11.3 Å². The lowest BCUT2D eigenvalue weighted by Crippen LogP contribution is -2.50. The van der Waals surface area contributed by atoms with Crippen LogP contribution in [-0.4, -0.2) is 30.1 Å². The molecule has 1 aromatic rings. The topological polar surface area (TPSA) is 15.3 Å². The lowest BCUT2D eigenvalue weighted by molar-refractivity contribution is 0.195. The van der Waals surface area contributed by atoms with E-state index in [4.69, 9.17) is 0 Å². The molecule has 3 heteroatoms. The van der Waals surface area contributed by atoms with Gasteiger partial charge in [-0.3, -0.25) is 4.90 Å². The smallest absolute Gasteiger partial charge is 0.0308 e. The van der Waals surface area contributed by atoms with Crippen molar-refractivity contribution in [2.45, 2.75) is 45.2 Å². The number of hydrogen-bond donors (Lipinski definition) is 1. The zero-order valence-corrected chi connectivity index (χ0v) is 12.4. The van der Waals surface area contributed by atoms with E-state index in [0.29, 0.717) is 5.54 Å². The molecule has 1 atom stereocenters. The molecule has 3 rings (SSSR count). The molecule has 1 aliphatic carbocycles. The van der Waals surface area contributed by atoms with Gasteiger partial charge in [0.1, 0.15) is 0 Å². The molecule has 0 spiro atoms. The van der Waals surface area contributed by atoms with E-state index in [2.05, 4.69) is 34.8 Å². The van der Waals surface area contributed by atoms with Gasteiger partial charge in [0.25, 0.3) is 0 Å². The van der Waals surface area contributed by atoms with E-state index < -0.39 is 0 Å². The van der Waals surface area contributed by atoms with Crippen LogP contribution >= 0.6 is 11.3 Å². The van der Waals surface area contributed by atoms with Crippen molar-refractivity contribution in [1.29, 1.82) is 0 Å². The minimum atomic E-state index is 0.362. The Morgan fingerprint density at radius 3 is 2.94 bits per heavy atom. The number of rotatable bonds is 3. The minimum absolute atomic E-state index is 0.362. The van der Waals surface area contributed by atoms with E-state index >= 15 is 0 Å². The van der Waals surface area contributed by atoms with Crippen molar-refractivity contribution in [2.75, 3.05) is 19.6 Å². The van der Waals surface area contributed by atoms with Crippen LogP contribution in [0.15, 0.2) is 10.8 Å². The predicted octanol–water partition coefficient (Wildman–Crippen LogP) is 3.02. The Bertz CT molecular complexity index is 410. The standard InChI is InChI=1S/C15H24N2S/c1-12-9-18-10-13(12)8-17-7-3-6-16-15(2,11-17)14-4-5-14/h9-10,14,16H,3-8,11H2,1-2H3. The van der Waals surface area contributed by atoms with Crippen LogP contribution in [0.2, 0.25) is 0 Å². The van der Waals surface area contributed by atoms with Gasteiger partial charge in [0.15, 0.2) is 0 Å². The van der Waals surface area contributed by atoms with Crippen molar-refractivity contribution >= 4 is 11.3 Å². The van der Waals surface area contributed by atoms with Gasteiger partial charge in [0.05, 0.1) is 0 Å². The minimum Gasteiger partial charge on any atom is -0.310 e. The highest BCUT2D eigenvalue weighted by Crippen LogP contribution is 2.40. The monoisotopic (exact) mass is 264 g/mol. The average molecular weight is 264 g/mol. The molecule has 0 bridgehead atoms. The zero-order chi connectivity index (χ0) is 12.6. The molecule has 1 N–H and O–H groups in total. The lowest BCUT2D eigenvalue weighted by Gasteiger charge is -2.34. The first-order valence-corrected chi connectivity index (χ1v) is 8.11. The maximum Gasteiger partial charge on any atom is 0.0308 e. The second-order valence-electron chi connectivity index (χ2n) is 6.26. The van der Waals surface area contributed by atoms with Crippen LogP contribution in [0.3, 0.4) is 0 Å². The summed E-state index contributed by atoms with van der Waals surface area (Å²) in [5.41, 5.74) is 3.35. The Kier molecular flexibility index (Phi) is 3.48. The van der Waals surface area contributed by atoms with E-state index in [1.807, 2.05) is 11.3 Å². The lowest BCUT2D eigenvalue weighted by atomic mass is 9.95. The molecular formula is C15H24N2S. The predicted molar refractivity (Wildman–Crippen MR) is 78.1 cm³/mol. The van der Waals surface area contributed by atoms with E-state index in [0.717, 1.165) is 12.5 Å². The van der Waals surface area contributed by atoms with Crippen molar-refractivity contribution < 1.29 is 0 Å². The fraction of sp³-hybridized carbons (Fsp3) is 0.733. The van der Waals surface area contributed by atoms with Gasteiger partial charge in [0, 0.05) is 18.6 Å². The number of thiophene rings is 1. The first-order valence-electron chi connectivity index (χ1n) is 7.16. The van der Waals surface area contributed by atoms with Crippen molar-refractivity contribution in [3.05, 3.63) is 21.9 Å². The van der Waals surface area contributed by atoms with Crippen molar-refractivity contribution in [3.8, 4) is 0 Å². The SMILES string of the molecule is Cc1cscc1CN1CCCNC(C)(C2CC2)C1. The highest BCUT2D eigenvalue weighted by Gasteiger charge is 2.42. The Labute approximate surface area is 114 Å². The second kappa shape index (κ2) is 4.95. The van der Waals surface area contributed by atoms with Gasteiger partial charge in [-0.1, -0.05) is 0 Å². The highest BCUT2D eigenvalue weighted by atomic mass is 32.1. The maximum absolute atomic E-state index is 3.81. The molecule has 1 saturated heterocycles. The molecule has 18 heavy (non-hydrogen) atoms. The molecule has 0 amide bonds. The molecule has 1 aliphatic heterocycles. The molecular weight excluding hydrogens is 240 g/mol. The Hall–Kier alpha value is -0.380. The summed E-state index contributed by atoms with van der Waals surface area (Å²) < 4.78 is 0. The summed E-state index contributed by atoms with van der Waals surface area (Å²) in [5, 5.41) is 8.40. The molecule has 2 fully saturated rings. The molecule has 100 valence electrons. The second-order valence-corrected chi connectivity index (χ2v) is 7.01. The van der Waals surface area contributed by atoms with Gasteiger partial charge in [0.2, 0.25) is 0 Å². The summed E-state index contributed by atoms with van der Waals surface area (Å²) in [6, 6.07) is 0. The van der Waals surface area contributed by atoms with Gasteiger partial charge in [-0.15, -0.1) is 0 Å². The Balaban J connectivity index is 1.69. The van der Waals surface area contributed by atoms with E-state index in [1.165, 1.54) is 50.0 Å². The van der Waals surface area contributed by atoms with Crippen molar-refractivity contribution in [3.63, 3.8) is 0 Å². The van der Waals surface area contributed by atoms with Crippen LogP contribution < -0.4 is 5.32 Å². The van der Waals surface area contributed by atoms with Crippen LogP contribution in [0.4, 0.5) is 0 Å². The van der Waals surface area contributed by atoms with Crippen LogP contribution in [-0.2, 0) is 6.54 Å². The number of nitrogens with one attached hydrogen (secondary N) is 1. The fourth-order valence-electron chi connectivity index (χ4n) is 3.19. The Morgan fingerprint density at radius 2 is 2.28 bits per heavy atom. The summed E-state index contributed by atoms with van der Waals surface area (Å²) >= 11 is 1.84. The first-order chi connectivity index (χ1) is 8.67. The van der Waals surface area contributed by atoms with Gasteiger partial charge >= 0.3 is 0 Å². The van der Waals surface area contributed by atoms with E-state index in [9.17, 15) is 0 Å². The first kappa shape index (κ1) is 12.6. The van der Waals surface area contributed by atoms with Crippen LogP contribution in [0, 0.1) is 12.8 Å². The molecule has 0 radical (unpaired) electrons. The van der Waals surface area contributed by atoms with Crippen LogP contribution in [0.1, 0.15) is 37.3 Å². The third-order valence-electron chi connectivity index (χ3n) is 4.57. The summed E-state index contributed by atoms with van der Waals surface area (Å²) in [7, 11) is 0. The molecule has 2 aliphatic rings. The molecule has 0 aromatic carbocycles. The molecule has 2 nitrogen and oxygen atoms in total. The number of nitrogens with zero attached hydrogens (tertiary/aromatic N) is 1. The summed E-state index contributed by atoms with van der Waals surface area (Å²) in [5.74, 6) is 0.918. The van der Waals surface area contributed by atoms with E-state index in [1.54, 1.807) is 0 Å². The van der Waals surface area contributed by atoms with Crippen LogP contribution in [0.5, 0.6) is 0 Å². The maximum atomic E-state index is 3.81. The third-order valence-corrected chi connectivity index (χ3v) is 5.48. The third kappa shape index (κ3) is 2.63. The highest BCUT2D eigenvalue weighted by molar-refractivity contribution is 7.08. The molecule has 2 heterocycles. The zero-order valence-electron chi connectivity index (χ0n) is 11.5. The fourth-order valence-corrected chi connectivity index (χ4v) is 4.04. The van der Waals surface area contributed by atoms with Gasteiger partial charge < -0.3 is 5.32 Å². The van der Waals surface area contributed by atoms with E-state index in [-0.39, 0.29) is 0 Å². The van der Waals surface area contributed by atoms with Crippen molar-refractivity contribution in [1.82, 2.24) is 10.2 Å². The number of hydrogen-bond acceptors (Lipinski definition) is 3. The molecule has 1 saturated carbocycles.